The molecule has 0 spiro atoms. The van der Waals surface area contributed by atoms with Crippen molar-refractivity contribution in [2.24, 2.45) is 0 Å². The first-order chi connectivity index (χ1) is 7.79. The number of aliphatic hydroxyl groups excluding tert-OH is 1. The number of hydrogen-bond donors (Lipinski definition) is 1. The Hall–Kier alpha value is -1.26. The Balaban J connectivity index is 1.99. The van der Waals surface area contributed by atoms with Crippen LogP contribution >= 0.6 is 11.8 Å². The van der Waals surface area contributed by atoms with Crippen molar-refractivity contribution in [3.05, 3.63) is 47.3 Å². The van der Waals surface area contributed by atoms with Gasteiger partial charge in [0.15, 0.2) is 5.76 Å². The molecule has 1 N–H and O–H groups in total. The number of aromatic nitrogens is 1. The average Bonchev–Trinajstić information content (AvgIpc) is 2.76. The molecule has 84 valence electrons. The summed E-state index contributed by atoms with van der Waals surface area (Å²) in [4.78, 5) is 4.07. The third-order valence-corrected chi connectivity index (χ3v) is 3.19. The van der Waals surface area contributed by atoms with Crippen LogP contribution in [0.3, 0.4) is 0 Å². The van der Waals surface area contributed by atoms with Crippen molar-refractivity contribution >= 4 is 11.8 Å². The fourth-order valence-electron chi connectivity index (χ4n) is 1.34. The van der Waals surface area contributed by atoms with Crippen LogP contribution in [0.1, 0.15) is 16.9 Å². The Kier molecular flexibility index (Phi) is 3.64. The van der Waals surface area contributed by atoms with E-state index < -0.39 is 0 Å². The number of hydrogen-bond acceptors (Lipinski definition) is 4. The Morgan fingerprint density at radius 1 is 1.38 bits per heavy atom. The number of thioether (sulfide) groups is 1. The summed E-state index contributed by atoms with van der Waals surface area (Å²) in [5.74, 6) is 1.34. The first kappa shape index (κ1) is 11.2. The van der Waals surface area contributed by atoms with Crippen molar-refractivity contribution in [2.75, 3.05) is 0 Å². The number of rotatable bonds is 4. The van der Waals surface area contributed by atoms with Gasteiger partial charge in [-0.2, -0.15) is 0 Å². The van der Waals surface area contributed by atoms with E-state index in [0.717, 1.165) is 5.75 Å². The topological polar surface area (TPSA) is 46.3 Å². The molecule has 1 heterocycles. The summed E-state index contributed by atoms with van der Waals surface area (Å²) in [6.07, 6.45) is 1.56. The second kappa shape index (κ2) is 5.18. The smallest absolute Gasteiger partial charge is 0.256 e. The largest absolute Gasteiger partial charge is 0.434 e. The van der Waals surface area contributed by atoms with Crippen LogP contribution in [-0.2, 0) is 12.4 Å². The van der Waals surface area contributed by atoms with Crippen LogP contribution in [0.25, 0.3) is 0 Å². The monoisotopic (exact) mass is 235 g/mol. The molecule has 2 aromatic rings. The standard InChI is InChI=1S/C12H13NO2S/c1-9-4-2-3-5-10(9)8-16-12-13-6-11(7-14)15-12/h2-6,14H,7-8H2,1H3. The van der Waals surface area contributed by atoms with Gasteiger partial charge < -0.3 is 9.52 Å². The molecule has 0 unspecified atom stereocenters. The molecular weight excluding hydrogens is 222 g/mol. The predicted octanol–water partition coefficient (Wildman–Crippen LogP) is 2.77. The van der Waals surface area contributed by atoms with Crippen LogP contribution in [0.4, 0.5) is 0 Å². The van der Waals surface area contributed by atoms with E-state index in [9.17, 15) is 0 Å². The summed E-state index contributed by atoms with van der Waals surface area (Å²) in [6, 6.07) is 8.24. The molecule has 0 amide bonds. The van der Waals surface area contributed by atoms with Gasteiger partial charge >= 0.3 is 0 Å². The molecule has 2 rings (SSSR count). The van der Waals surface area contributed by atoms with Crippen molar-refractivity contribution in [3.8, 4) is 0 Å². The Morgan fingerprint density at radius 2 is 2.19 bits per heavy atom. The molecule has 0 bridgehead atoms. The van der Waals surface area contributed by atoms with Gasteiger partial charge in [-0.3, -0.25) is 0 Å². The molecule has 4 heteroatoms. The van der Waals surface area contributed by atoms with E-state index in [2.05, 4.69) is 24.0 Å². The molecule has 16 heavy (non-hydrogen) atoms. The van der Waals surface area contributed by atoms with Crippen molar-refractivity contribution < 1.29 is 9.52 Å². The molecule has 0 fully saturated rings. The Labute approximate surface area is 98.5 Å². The lowest BCUT2D eigenvalue weighted by Crippen LogP contribution is -1.85. The first-order valence-electron chi connectivity index (χ1n) is 5.02. The Bertz CT molecular complexity index is 468. The maximum atomic E-state index is 8.84. The summed E-state index contributed by atoms with van der Waals surface area (Å²) in [7, 11) is 0. The zero-order valence-corrected chi connectivity index (χ0v) is 9.83. The summed E-state index contributed by atoms with van der Waals surface area (Å²) >= 11 is 1.53. The Morgan fingerprint density at radius 3 is 2.88 bits per heavy atom. The molecule has 0 atom stereocenters. The lowest BCUT2D eigenvalue weighted by atomic mass is 10.1. The van der Waals surface area contributed by atoms with Gasteiger partial charge in [0, 0.05) is 5.75 Å². The lowest BCUT2D eigenvalue weighted by molar-refractivity contribution is 0.236. The van der Waals surface area contributed by atoms with Crippen molar-refractivity contribution in [2.45, 2.75) is 24.5 Å². The summed E-state index contributed by atoms with van der Waals surface area (Å²) in [5, 5.41) is 9.44. The summed E-state index contributed by atoms with van der Waals surface area (Å²) in [6.45, 7) is 1.99. The molecule has 3 nitrogen and oxygen atoms in total. The van der Waals surface area contributed by atoms with Gasteiger partial charge in [-0.05, 0) is 18.1 Å². The van der Waals surface area contributed by atoms with Gasteiger partial charge in [-0.15, -0.1) is 0 Å². The molecule has 0 aliphatic heterocycles. The highest BCUT2D eigenvalue weighted by Crippen LogP contribution is 2.23. The second-order valence-corrected chi connectivity index (χ2v) is 4.39. The van der Waals surface area contributed by atoms with Crippen molar-refractivity contribution in [1.29, 1.82) is 0 Å². The summed E-state index contributed by atoms with van der Waals surface area (Å²) in [5.41, 5.74) is 2.54. The fraction of sp³-hybridized carbons (Fsp3) is 0.250. The van der Waals surface area contributed by atoms with Crippen LogP contribution in [0.15, 0.2) is 40.1 Å². The minimum absolute atomic E-state index is 0.0993. The van der Waals surface area contributed by atoms with Gasteiger partial charge in [-0.1, -0.05) is 36.0 Å². The van der Waals surface area contributed by atoms with E-state index >= 15 is 0 Å². The van der Waals surface area contributed by atoms with Crippen molar-refractivity contribution in [1.82, 2.24) is 4.98 Å². The molecule has 0 saturated carbocycles. The highest BCUT2D eigenvalue weighted by atomic mass is 32.2. The molecule has 0 aliphatic carbocycles. The van der Waals surface area contributed by atoms with Crippen LogP contribution in [-0.4, -0.2) is 10.1 Å². The molecule has 1 aromatic carbocycles. The molecule has 0 saturated heterocycles. The third-order valence-electron chi connectivity index (χ3n) is 2.30. The highest BCUT2D eigenvalue weighted by Gasteiger charge is 2.05. The number of oxazole rings is 1. The van der Waals surface area contributed by atoms with Crippen molar-refractivity contribution in [3.63, 3.8) is 0 Å². The maximum Gasteiger partial charge on any atom is 0.256 e. The number of aliphatic hydroxyl groups is 1. The van der Waals surface area contributed by atoms with E-state index in [1.807, 2.05) is 12.1 Å². The van der Waals surface area contributed by atoms with E-state index in [1.165, 1.54) is 22.9 Å². The normalized spacial score (nSPS) is 10.6. The quantitative estimate of drug-likeness (QED) is 0.828. The SMILES string of the molecule is Cc1ccccc1CSc1ncc(CO)o1. The number of aryl methyl sites for hydroxylation is 1. The van der Waals surface area contributed by atoms with Crippen LogP contribution in [0.2, 0.25) is 0 Å². The number of benzene rings is 1. The molecule has 0 radical (unpaired) electrons. The molecular formula is C12H13NO2S. The third kappa shape index (κ3) is 2.65. The van der Waals surface area contributed by atoms with E-state index in [-0.39, 0.29) is 6.61 Å². The first-order valence-corrected chi connectivity index (χ1v) is 6.01. The highest BCUT2D eigenvalue weighted by molar-refractivity contribution is 7.98. The number of nitrogens with zero attached hydrogens (tertiary/aromatic N) is 1. The minimum Gasteiger partial charge on any atom is -0.434 e. The maximum absolute atomic E-state index is 8.84. The van der Waals surface area contributed by atoms with Crippen LogP contribution in [0, 0.1) is 6.92 Å². The lowest BCUT2D eigenvalue weighted by Gasteiger charge is -2.02. The zero-order chi connectivity index (χ0) is 11.4. The fourth-order valence-corrected chi connectivity index (χ4v) is 2.24. The second-order valence-electron chi connectivity index (χ2n) is 3.47. The zero-order valence-electron chi connectivity index (χ0n) is 9.01. The van der Waals surface area contributed by atoms with Gasteiger partial charge in [0.1, 0.15) is 6.61 Å². The van der Waals surface area contributed by atoms with E-state index in [1.54, 1.807) is 6.20 Å². The predicted molar refractivity (Wildman–Crippen MR) is 63.2 cm³/mol. The van der Waals surface area contributed by atoms with Gasteiger partial charge in [0.2, 0.25) is 0 Å². The molecule has 1 aromatic heterocycles. The van der Waals surface area contributed by atoms with Crippen LogP contribution < -0.4 is 0 Å². The van der Waals surface area contributed by atoms with E-state index in [4.69, 9.17) is 9.52 Å². The van der Waals surface area contributed by atoms with Crippen LogP contribution in [0.5, 0.6) is 0 Å². The summed E-state index contributed by atoms with van der Waals surface area (Å²) < 4.78 is 5.30. The van der Waals surface area contributed by atoms with Gasteiger partial charge in [0.25, 0.3) is 5.22 Å². The van der Waals surface area contributed by atoms with Gasteiger partial charge in [0.05, 0.1) is 6.20 Å². The minimum atomic E-state index is -0.0993. The van der Waals surface area contributed by atoms with Gasteiger partial charge in [-0.25, -0.2) is 4.98 Å². The van der Waals surface area contributed by atoms with E-state index in [0.29, 0.717) is 11.0 Å². The average molecular weight is 235 g/mol. The molecule has 0 aliphatic rings.